The van der Waals surface area contributed by atoms with E-state index in [1.807, 2.05) is 24.3 Å². The molecule has 1 aliphatic carbocycles. The zero-order chi connectivity index (χ0) is 16.8. The molecule has 2 atom stereocenters. The summed E-state index contributed by atoms with van der Waals surface area (Å²) in [6, 6.07) is 9.26. The summed E-state index contributed by atoms with van der Waals surface area (Å²) in [5, 5.41) is 10.7. The third kappa shape index (κ3) is 2.50. The largest absolute Gasteiger partial charge is 0.493 e. The number of pyridine rings is 1. The van der Waals surface area contributed by atoms with E-state index in [1.165, 1.54) is 10.8 Å². The van der Waals surface area contributed by atoms with E-state index in [0.717, 1.165) is 23.2 Å². The zero-order valence-electron chi connectivity index (χ0n) is 12.4. The monoisotopic (exact) mass is 361 g/mol. The second kappa shape index (κ2) is 5.69. The molecule has 4 rings (SSSR count). The Kier molecular flexibility index (Phi) is 3.62. The molecule has 3 aromatic rings. The van der Waals surface area contributed by atoms with Crippen LogP contribution in [0.2, 0.25) is 10.0 Å². The normalized spacial score (nSPS) is 19.4. The molecule has 1 fully saturated rings. The van der Waals surface area contributed by atoms with Crippen molar-refractivity contribution in [2.45, 2.75) is 18.4 Å². The van der Waals surface area contributed by atoms with Crippen molar-refractivity contribution in [2.75, 3.05) is 0 Å². The average Bonchev–Trinajstić information content (AvgIpc) is 3.29. The van der Waals surface area contributed by atoms with Crippen LogP contribution < -0.4 is 5.69 Å². The number of aromatic amines is 1. The molecule has 0 unspecified atom stereocenters. The molecule has 1 aromatic carbocycles. The number of nitrogens with one attached hydrogen (secondary N) is 1. The van der Waals surface area contributed by atoms with Gasteiger partial charge in [-0.25, -0.2) is 4.79 Å². The van der Waals surface area contributed by atoms with E-state index in [9.17, 15) is 9.90 Å². The molecule has 2 heterocycles. The van der Waals surface area contributed by atoms with Crippen LogP contribution in [0.25, 0.3) is 11.3 Å². The molecule has 122 valence electrons. The van der Waals surface area contributed by atoms with Crippen molar-refractivity contribution in [3.05, 3.63) is 68.8 Å². The van der Waals surface area contributed by atoms with Gasteiger partial charge in [-0.15, -0.1) is 0 Å². The van der Waals surface area contributed by atoms with Crippen LogP contribution in [0.4, 0.5) is 0 Å². The third-order valence-corrected chi connectivity index (χ3v) is 5.14. The lowest BCUT2D eigenvalue weighted by molar-refractivity contribution is 0.413. The molecule has 7 heteroatoms. The maximum Gasteiger partial charge on any atom is 0.328 e. The smallest absolute Gasteiger partial charge is 0.328 e. The minimum Gasteiger partial charge on any atom is -0.493 e. The van der Waals surface area contributed by atoms with Gasteiger partial charge in [-0.05, 0) is 24.1 Å². The van der Waals surface area contributed by atoms with Crippen molar-refractivity contribution in [1.29, 1.82) is 0 Å². The molecule has 0 amide bonds. The van der Waals surface area contributed by atoms with Crippen molar-refractivity contribution in [2.24, 2.45) is 0 Å². The molecule has 2 N–H and O–H groups in total. The summed E-state index contributed by atoms with van der Waals surface area (Å²) >= 11 is 12.3. The van der Waals surface area contributed by atoms with E-state index >= 15 is 0 Å². The number of hydrogen-bond acceptors (Lipinski definition) is 3. The molecule has 24 heavy (non-hydrogen) atoms. The summed E-state index contributed by atoms with van der Waals surface area (Å²) < 4.78 is 1.38. The molecule has 1 saturated carbocycles. The molecule has 0 radical (unpaired) electrons. The number of aromatic nitrogens is 3. The Morgan fingerprint density at radius 2 is 2.08 bits per heavy atom. The van der Waals surface area contributed by atoms with Gasteiger partial charge in [0.2, 0.25) is 5.88 Å². The number of halogens is 2. The van der Waals surface area contributed by atoms with Gasteiger partial charge in [-0.2, -0.15) is 0 Å². The number of benzene rings is 1. The summed E-state index contributed by atoms with van der Waals surface area (Å²) in [7, 11) is 0. The van der Waals surface area contributed by atoms with Crippen molar-refractivity contribution in [3.8, 4) is 17.1 Å². The molecule has 0 bridgehead atoms. The van der Waals surface area contributed by atoms with Gasteiger partial charge in [0.05, 0.1) is 21.9 Å². The number of nitrogens with zero attached hydrogens (tertiary/aromatic N) is 2. The van der Waals surface area contributed by atoms with Crippen LogP contribution in [-0.2, 0) is 0 Å². The Labute approximate surface area is 147 Å². The molecule has 1 aliphatic rings. The van der Waals surface area contributed by atoms with Crippen LogP contribution >= 0.6 is 23.2 Å². The fourth-order valence-corrected chi connectivity index (χ4v) is 3.40. The van der Waals surface area contributed by atoms with Crippen molar-refractivity contribution < 1.29 is 5.11 Å². The molecule has 0 saturated heterocycles. The van der Waals surface area contributed by atoms with E-state index < -0.39 is 0 Å². The lowest BCUT2D eigenvalue weighted by atomic mass is 10.1. The van der Waals surface area contributed by atoms with Crippen LogP contribution in [0.5, 0.6) is 5.88 Å². The SMILES string of the molecule is O=c1[nH]cc(O)n1[C@@H]1C[C@H]1c1ccc(-c2cccc(Cl)c2Cl)nc1. The summed E-state index contributed by atoms with van der Waals surface area (Å²) in [5.74, 6) is 0.128. The summed E-state index contributed by atoms with van der Waals surface area (Å²) in [4.78, 5) is 18.7. The molecular formula is C17H13Cl2N3O2. The van der Waals surface area contributed by atoms with Gasteiger partial charge in [-0.1, -0.05) is 41.4 Å². The number of hydrogen-bond donors (Lipinski definition) is 2. The minimum atomic E-state index is -0.296. The second-order valence-electron chi connectivity index (χ2n) is 5.81. The van der Waals surface area contributed by atoms with E-state index in [-0.39, 0.29) is 23.5 Å². The van der Waals surface area contributed by atoms with Crippen molar-refractivity contribution in [3.63, 3.8) is 0 Å². The van der Waals surface area contributed by atoms with Gasteiger partial charge in [0.25, 0.3) is 0 Å². The number of imidazole rings is 1. The van der Waals surface area contributed by atoms with E-state index in [2.05, 4.69) is 9.97 Å². The summed E-state index contributed by atoms with van der Waals surface area (Å²) in [5.41, 5.74) is 2.25. The van der Waals surface area contributed by atoms with Gasteiger partial charge in [0.1, 0.15) is 0 Å². The fraction of sp³-hybridized carbons (Fsp3) is 0.176. The Balaban J connectivity index is 1.60. The maximum absolute atomic E-state index is 11.7. The van der Waals surface area contributed by atoms with Crippen LogP contribution in [0.1, 0.15) is 23.9 Å². The highest BCUT2D eigenvalue weighted by atomic mass is 35.5. The van der Waals surface area contributed by atoms with Crippen LogP contribution in [-0.4, -0.2) is 19.6 Å². The minimum absolute atomic E-state index is 0.0360. The quantitative estimate of drug-likeness (QED) is 0.740. The highest BCUT2D eigenvalue weighted by Crippen LogP contribution is 2.51. The highest BCUT2D eigenvalue weighted by Gasteiger charge is 2.42. The van der Waals surface area contributed by atoms with Crippen molar-refractivity contribution >= 4 is 23.2 Å². The Morgan fingerprint density at radius 1 is 1.25 bits per heavy atom. The Hall–Kier alpha value is -2.24. The lowest BCUT2D eigenvalue weighted by Crippen LogP contribution is -2.15. The van der Waals surface area contributed by atoms with E-state index in [0.29, 0.717) is 10.0 Å². The highest BCUT2D eigenvalue weighted by molar-refractivity contribution is 6.43. The van der Waals surface area contributed by atoms with E-state index in [1.54, 1.807) is 12.3 Å². The first-order valence-electron chi connectivity index (χ1n) is 7.45. The van der Waals surface area contributed by atoms with Crippen molar-refractivity contribution in [1.82, 2.24) is 14.5 Å². The molecular weight excluding hydrogens is 349 g/mol. The first kappa shape index (κ1) is 15.3. The Morgan fingerprint density at radius 3 is 2.75 bits per heavy atom. The van der Waals surface area contributed by atoms with Gasteiger partial charge < -0.3 is 10.1 Å². The fourth-order valence-electron chi connectivity index (χ4n) is 3.00. The van der Waals surface area contributed by atoms with E-state index in [4.69, 9.17) is 23.2 Å². The van der Waals surface area contributed by atoms with Gasteiger partial charge >= 0.3 is 5.69 Å². The second-order valence-corrected chi connectivity index (χ2v) is 6.59. The standard InChI is InChI=1S/C17H13Cl2N3O2/c18-12-3-1-2-10(16(12)19)13-5-4-9(7-20-13)11-6-14(11)22-15(23)8-21-17(22)24/h1-5,7-8,11,14,23H,6H2,(H,21,24)/t11-,14+/m0/s1. The van der Waals surface area contributed by atoms with Crippen LogP contribution in [0.15, 0.2) is 47.5 Å². The number of H-pyrrole nitrogens is 1. The average molecular weight is 362 g/mol. The van der Waals surface area contributed by atoms with Crippen LogP contribution in [0.3, 0.4) is 0 Å². The molecule has 5 nitrogen and oxygen atoms in total. The zero-order valence-corrected chi connectivity index (χ0v) is 13.9. The number of rotatable bonds is 3. The molecule has 0 spiro atoms. The first-order valence-corrected chi connectivity index (χ1v) is 8.21. The molecule has 0 aliphatic heterocycles. The first-order chi connectivity index (χ1) is 11.6. The Bertz CT molecular complexity index is 963. The maximum atomic E-state index is 11.7. The van der Waals surface area contributed by atoms with Gasteiger partial charge in [0, 0.05) is 23.7 Å². The summed E-state index contributed by atoms with van der Waals surface area (Å²) in [6.07, 6.45) is 3.89. The topological polar surface area (TPSA) is 70.9 Å². The van der Waals surface area contributed by atoms with Gasteiger partial charge in [0.15, 0.2) is 0 Å². The van der Waals surface area contributed by atoms with Crippen LogP contribution in [0, 0.1) is 0 Å². The lowest BCUT2D eigenvalue weighted by Gasteiger charge is -2.07. The predicted octanol–water partition coefficient (Wildman–Crippen LogP) is 3.98. The third-order valence-electron chi connectivity index (χ3n) is 4.32. The number of aromatic hydroxyl groups is 1. The molecule has 2 aromatic heterocycles. The predicted molar refractivity (Wildman–Crippen MR) is 92.8 cm³/mol. The van der Waals surface area contributed by atoms with Gasteiger partial charge in [-0.3, -0.25) is 9.55 Å². The summed E-state index contributed by atoms with van der Waals surface area (Å²) in [6.45, 7) is 0.